The van der Waals surface area contributed by atoms with E-state index >= 15 is 0 Å². The van der Waals surface area contributed by atoms with Crippen molar-refractivity contribution in [2.75, 3.05) is 25.6 Å². The predicted octanol–water partition coefficient (Wildman–Crippen LogP) is 2.65. The van der Waals surface area contributed by atoms with Crippen LogP contribution in [0.1, 0.15) is 13.3 Å². The molecule has 16 heavy (non-hydrogen) atoms. The van der Waals surface area contributed by atoms with E-state index in [1.807, 2.05) is 31.2 Å². The molecular formula is C12H18BrNO2. The summed E-state index contributed by atoms with van der Waals surface area (Å²) in [6.07, 6.45) is 0.795. The number of anilines is 1. The Morgan fingerprint density at radius 2 is 2.25 bits per heavy atom. The highest BCUT2D eigenvalue weighted by Crippen LogP contribution is 2.22. The Morgan fingerprint density at radius 3 is 2.75 bits per heavy atom. The third kappa shape index (κ3) is 3.47. The third-order valence-electron chi connectivity index (χ3n) is 2.63. The Kier molecular flexibility index (Phi) is 5.25. The molecule has 90 valence electrons. The lowest BCUT2D eigenvalue weighted by atomic mass is 9.98. The minimum absolute atomic E-state index is 0.0455. The van der Waals surface area contributed by atoms with Gasteiger partial charge in [-0.1, -0.05) is 28.9 Å². The molecule has 1 unspecified atom stereocenters. The van der Waals surface area contributed by atoms with Crippen molar-refractivity contribution >= 4 is 21.6 Å². The monoisotopic (exact) mass is 287 g/mol. The van der Waals surface area contributed by atoms with Gasteiger partial charge in [0.25, 0.3) is 0 Å². The highest BCUT2D eigenvalue weighted by Gasteiger charge is 2.27. The molecule has 0 aliphatic heterocycles. The maximum absolute atomic E-state index is 9.48. The standard InChI is InChI=1S/C12H18BrNO2/c1-3-12(8-15,9-16-2)14-11-6-4-5-10(13)7-11/h4-7,14-15H,3,8-9H2,1-2H3. The van der Waals surface area contributed by atoms with Gasteiger partial charge in [0.05, 0.1) is 18.8 Å². The van der Waals surface area contributed by atoms with Crippen LogP contribution in [0.2, 0.25) is 0 Å². The second-order valence-electron chi connectivity index (χ2n) is 3.86. The van der Waals surface area contributed by atoms with Gasteiger partial charge in [0.1, 0.15) is 0 Å². The van der Waals surface area contributed by atoms with Gasteiger partial charge in [-0.25, -0.2) is 0 Å². The van der Waals surface area contributed by atoms with Crippen LogP contribution in [-0.2, 0) is 4.74 Å². The van der Waals surface area contributed by atoms with E-state index in [-0.39, 0.29) is 6.61 Å². The van der Waals surface area contributed by atoms with Gasteiger partial charge >= 0.3 is 0 Å². The zero-order valence-electron chi connectivity index (χ0n) is 9.66. The Bertz CT molecular complexity index is 327. The molecule has 4 heteroatoms. The molecule has 0 saturated carbocycles. The van der Waals surface area contributed by atoms with E-state index in [0.29, 0.717) is 6.61 Å². The molecular weight excluding hydrogens is 270 g/mol. The van der Waals surface area contributed by atoms with Crippen LogP contribution in [0.25, 0.3) is 0 Å². The normalized spacial score (nSPS) is 14.5. The molecule has 0 amide bonds. The van der Waals surface area contributed by atoms with Crippen LogP contribution in [-0.4, -0.2) is 31.0 Å². The predicted molar refractivity (Wildman–Crippen MR) is 69.7 cm³/mol. The number of aliphatic hydroxyl groups excluding tert-OH is 1. The van der Waals surface area contributed by atoms with Crippen LogP contribution in [0.5, 0.6) is 0 Å². The summed E-state index contributed by atoms with van der Waals surface area (Å²) in [6, 6.07) is 7.88. The largest absolute Gasteiger partial charge is 0.394 e. The van der Waals surface area contributed by atoms with Gasteiger partial charge in [0, 0.05) is 17.3 Å². The van der Waals surface area contributed by atoms with Gasteiger partial charge < -0.3 is 15.2 Å². The van der Waals surface area contributed by atoms with Crippen LogP contribution in [0, 0.1) is 0 Å². The molecule has 3 nitrogen and oxygen atoms in total. The lowest BCUT2D eigenvalue weighted by Crippen LogP contribution is -2.45. The molecule has 0 aromatic heterocycles. The fourth-order valence-electron chi connectivity index (χ4n) is 1.57. The molecule has 0 fully saturated rings. The Hall–Kier alpha value is -0.580. The van der Waals surface area contributed by atoms with Crippen LogP contribution < -0.4 is 5.32 Å². The fraction of sp³-hybridized carbons (Fsp3) is 0.500. The molecule has 0 bridgehead atoms. The zero-order valence-corrected chi connectivity index (χ0v) is 11.3. The van der Waals surface area contributed by atoms with E-state index in [0.717, 1.165) is 16.6 Å². The SMILES string of the molecule is CCC(CO)(COC)Nc1cccc(Br)c1. The van der Waals surface area contributed by atoms with Crippen molar-refractivity contribution in [3.8, 4) is 0 Å². The summed E-state index contributed by atoms with van der Waals surface area (Å²) in [5.74, 6) is 0. The molecule has 1 aromatic rings. The van der Waals surface area contributed by atoms with E-state index in [9.17, 15) is 5.11 Å². The molecule has 1 rings (SSSR count). The van der Waals surface area contributed by atoms with Crippen LogP contribution in [0.15, 0.2) is 28.7 Å². The van der Waals surface area contributed by atoms with Crippen molar-refractivity contribution in [3.63, 3.8) is 0 Å². The number of halogens is 1. The van der Waals surface area contributed by atoms with E-state index in [2.05, 4.69) is 21.2 Å². The van der Waals surface area contributed by atoms with Crippen LogP contribution in [0.3, 0.4) is 0 Å². The molecule has 0 radical (unpaired) electrons. The summed E-state index contributed by atoms with van der Waals surface area (Å²) < 4.78 is 6.17. The maximum Gasteiger partial charge on any atom is 0.0834 e. The number of ether oxygens (including phenoxy) is 1. The van der Waals surface area contributed by atoms with E-state index in [1.54, 1.807) is 7.11 Å². The molecule has 0 aliphatic carbocycles. The maximum atomic E-state index is 9.48. The number of benzene rings is 1. The topological polar surface area (TPSA) is 41.5 Å². The first-order valence-corrected chi connectivity index (χ1v) is 6.08. The number of hydrogen-bond acceptors (Lipinski definition) is 3. The second-order valence-corrected chi connectivity index (χ2v) is 4.78. The summed E-state index contributed by atoms with van der Waals surface area (Å²) in [6.45, 7) is 2.55. The Labute approximate surface area is 105 Å². The van der Waals surface area contributed by atoms with E-state index in [4.69, 9.17) is 4.74 Å². The van der Waals surface area contributed by atoms with Crippen LogP contribution in [0.4, 0.5) is 5.69 Å². The molecule has 2 N–H and O–H groups in total. The van der Waals surface area contributed by atoms with Gasteiger partial charge in [-0.2, -0.15) is 0 Å². The van der Waals surface area contributed by atoms with Crippen molar-refractivity contribution < 1.29 is 9.84 Å². The number of methoxy groups -OCH3 is 1. The smallest absolute Gasteiger partial charge is 0.0834 e. The van der Waals surface area contributed by atoms with Crippen molar-refractivity contribution in [1.29, 1.82) is 0 Å². The quantitative estimate of drug-likeness (QED) is 0.845. The van der Waals surface area contributed by atoms with Gasteiger partial charge in [0.15, 0.2) is 0 Å². The third-order valence-corrected chi connectivity index (χ3v) is 3.13. The summed E-state index contributed by atoms with van der Waals surface area (Å²) in [5, 5.41) is 12.8. The summed E-state index contributed by atoms with van der Waals surface area (Å²) in [7, 11) is 1.64. The molecule has 1 aromatic carbocycles. The van der Waals surface area contributed by atoms with Crippen LogP contribution >= 0.6 is 15.9 Å². The van der Waals surface area contributed by atoms with Gasteiger partial charge in [-0.15, -0.1) is 0 Å². The van der Waals surface area contributed by atoms with Crippen molar-refractivity contribution in [2.45, 2.75) is 18.9 Å². The minimum Gasteiger partial charge on any atom is -0.394 e. The second kappa shape index (κ2) is 6.23. The van der Waals surface area contributed by atoms with Gasteiger partial charge in [-0.3, -0.25) is 0 Å². The fourth-order valence-corrected chi connectivity index (χ4v) is 1.97. The summed E-state index contributed by atoms with van der Waals surface area (Å²) in [4.78, 5) is 0. The average Bonchev–Trinajstić information content (AvgIpc) is 2.28. The average molecular weight is 288 g/mol. The van der Waals surface area contributed by atoms with Crippen molar-refractivity contribution in [3.05, 3.63) is 28.7 Å². The lowest BCUT2D eigenvalue weighted by Gasteiger charge is -2.32. The zero-order chi connectivity index (χ0) is 12.0. The van der Waals surface area contributed by atoms with E-state index in [1.165, 1.54) is 0 Å². The van der Waals surface area contributed by atoms with Crippen molar-refractivity contribution in [2.24, 2.45) is 0 Å². The first-order valence-electron chi connectivity index (χ1n) is 5.29. The van der Waals surface area contributed by atoms with Gasteiger partial charge in [0.2, 0.25) is 0 Å². The lowest BCUT2D eigenvalue weighted by molar-refractivity contribution is 0.0962. The molecule has 0 spiro atoms. The molecule has 0 heterocycles. The number of hydrogen-bond donors (Lipinski definition) is 2. The number of rotatable bonds is 6. The molecule has 0 saturated heterocycles. The van der Waals surface area contributed by atoms with Gasteiger partial charge in [-0.05, 0) is 24.6 Å². The molecule has 1 atom stereocenters. The number of aliphatic hydroxyl groups is 1. The first kappa shape index (κ1) is 13.5. The highest BCUT2D eigenvalue weighted by atomic mass is 79.9. The molecule has 0 aliphatic rings. The summed E-state index contributed by atoms with van der Waals surface area (Å²) in [5.41, 5.74) is 0.567. The summed E-state index contributed by atoms with van der Waals surface area (Å²) >= 11 is 3.42. The van der Waals surface area contributed by atoms with E-state index < -0.39 is 5.54 Å². The van der Waals surface area contributed by atoms with Crippen molar-refractivity contribution in [1.82, 2.24) is 0 Å². The minimum atomic E-state index is -0.407. The number of nitrogens with one attached hydrogen (secondary N) is 1. The Morgan fingerprint density at radius 1 is 1.50 bits per heavy atom. The highest BCUT2D eigenvalue weighted by molar-refractivity contribution is 9.10. The Balaban J connectivity index is 2.82. The first-order chi connectivity index (χ1) is 7.65.